The van der Waals surface area contributed by atoms with Gasteiger partial charge in [0, 0.05) is 11.6 Å². The normalized spacial score (nSPS) is 24.3. The molecule has 1 aromatic heterocycles. The Morgan fingerprint density at radius 2 is 1.73 bits per heavy atom. The molecule has 2 unspecified atom stereocenters. The molecule has 22 heavy (non-hydrogen) atoms. The van der Waals surface area contributed by atoms with Gasteiger partial charge < -0.3 is 10.6 Å². The van der Waals surface area contributed by atoms with Crippen LogP contribution in [0.1, 0.15) is 54.4 Å². The smallest absolute Gasteiger partial charge is 0.228 e. The highest BCUT2D eigenvalue weighted by Crippen LogP contribution is 2.41. The molecule has 2 atom stereocenters. The first-order chi connectivity index (χ1) is 10.1. The zero-order valence-corrected chi connectivity index (χ0v) is 15.6. The predicted octanol–water partition coefficient (Wildman–Crippen LogP) is 4.04. The minimum absolute atomic E-state index is 0.0725. The van der Waals surface area contributed by atoms with Crippen LogP contribution >= 0.6 is 11.8 Å². The highest BCUT2D eigenvalue weighted by atomic mass is 32.2. The van der Waals surface area contributed by atoms with E-state index >= 15 is 0 Å². The van der Waals surface area contributed by atoms with E-state index in [9.17, 15) is 0 Å². The van der Waals surface area contributed by atoms with Crippen LogP contribution in [0.4, 0.5) is 11.9 Å². The second kappa shape index (κ2) is 6.22. The second-order valence-corrected chi connectivity index (χ2v) is 8.92. The number of anilines is 2. The lowest BCUT2D eigenvalue weighted by atomic mass is 9.91. The molecule has 5 nitrogen and oxygen atoms in total. The van der Waals surface area contributed by atoms with Gasteiger partial charge in [0.25, 0.3) is 0 Å². The monoisotopic (exact) mass is 323 g/mol. The van der Waals surface area contributed by atoms with Crippen LogP contribution in [0.25, 0.3) is 0 Å². The summed E-state index contributed by atoms with van der Waals surface area (Å²) in [6.45, 7) is 13.3. The van der Waals surface area contributed by atoms with Gasteiger partial charge in [0.1, 0.15) is 0 Å². The molecule has 0 aromatic carbocycles. The molecule has 0 radical (unpaired) electrons. The number of rotatable bonds is 4. The predicted molar refractivity (Wildman–Crippen MR) is 94.6 cm³/mol. The SMILES string of the molecule is CSc1nc(NC2CC(C)(C)CC2C)nc(NC(C)(C)C)n1. The summed E-state index contributed by atoms with van der Waals surface area (Å²) in [5, 5.41) is 7.61. The Labute approximate surface area is 138 Å². The standard InChI is InChI=1S/C16H29N5S/c1-10-8-16(5,6)9-11(10)17-12-18-13(21-15(2,3)4)20-14(19-12)22-7/h10-11H,8-9H2,1-7H3,(H2,17,18,19,20,21). The van der Waals surface area contributed by atoms with Gasteiger partial charge in [-0.3, -0.25) is 0 Å². The maximum absolute atomic E-state index is 4.55. The van der Waals surface area contributed by atoms with Crippen molar-refractivity contribution in [3.8, 4) is 0 Å². The Morgan fingerprint density at radius 1 is 1.09 bits per heavy atom. The van der Waals surface area contributed by atoms with Crippen molar-refractivity contribution in [2.75, 3.05) is 16.9 Å². The van der Waals surface area contributed by atoms with Crippen molar-refractivity contribution in [1.29, 1.82) is 0 Å². The maximum Gasteiger partial charge on any atom is 0.228 e. The maximum atomic E-state index is 4.55. The number of nitrogens with one attached hydrogen (secondary N) is 2. The second-order valence-electron chi connectivity index (χ2n) is 8.14. The summed E-state index contributed by atoms with van der Waals surface area (Å²) in [4.78, 5) is 13.5. The molecular weight excluding hydrogens is 294 g/mol. The van der Waals surface area contributed by atoms with Crippen LogP contribution in [0.2, 0.25) is 0 Å². The minimum atomic E-state index is -0.0725. The van der Waals surface area contributed by atoms with Crippen LogP contribution < -0.4 is 10.6 Å². The Balaban J connectivity index is 2.18. The molecular formula is C16H29N5S. The highest BCUT2D eigenvalue weighted by molar-refractivity contribution is 7.98. The van der Waals surface area contributed by atoms with Gasteiger partial charge in [0.15, 0.2) is 5.16 Å². The van der Waals surface area contributed by atoms with Crippen LogP contribution in [0.15, 0.2) is 5.16 Å². The first kappa shape index (κ1) is 17.3. The Morgan fingerprint density at radius 3 is 2.23 bits per heavy atom. The van der Waals surface area contributed by atoms with E-state index < -0.39 is 0 Å². The van der Waals surface area contributed by atoms with Gasteiger partial charge in [-0.05, 0) is 51.2 Å². The van der Waals surface area contributed by atoms with E-state index in [1.807, 2.05) is 6.26 Å². The van der Waals surface area contributed by atoms with Crippen LogP contribution in [0.3, 0.4) is 0 Å². The summed E-state index contributed by atoms with van der Waals surface area (Å²) in [7, 11) is 0. The topological polar surface area (TPSA) is 62.7 Å². The minimum Gasteiger partial charge on any atom is -0.351 e. The molecule has 1 heterocycles. The molecule has 0 spiro atoms. The molecule has 1 aliphatic rings. The molecule has 1 fully saturated rings. The first-order valence-electron chi connectivity index (χ1n) is 7.93. The van der Waals surface area contributed by atoms with Crippen molar-refractivity contribution in [2.24, 2.45) is 11.3 Å². The highest BCUT2D eigenvalue weighted by Gasteiger charge is 2.37. The van der Waals surface area contributed by atoms with E-state index in [2.05, 4.69) is 67.1 Å². The fraction of sp³-hybridized carbons (Fsp3) is 0.812. The number of nitrogens with zero attached hydrogens (tertiary/aromatic N) is 3. The lowest BCUT2D eigenvalue weighted by molar-refractivity contribution is 0.366. The zero-order valence-electron chi connectivity index (χ0n) is 14.8. The Kier molecular flexibility index (Phi) is 4.90. The molecule has 1 aliphatic carbocycles. The van der Waals surface area contributed by atoms with Gasteiger partial charge in [-0.15, -0.1) is 0 Å². The van der Waals surface area contributed by atoms with Crippen molar-refractivity contribution in [1.82, 2.24) is 15.0 Å². The quantitative estimate of drug-likeness (QED) is 0.815. The molecule has 0 saturated heterocycles. The summed E-state index contributed by atoms with van der Waals surface area (Å²) in [6, 6.07) is 0.426. The summed E-state index contributed by atoms with van der Waals surface area (Å²) < 4.78 is 0. The van der Waals surface area contributed by atoms with Crippen molar-refractivity contribution < 1.29 is 0 Å². The lowest BCUT2D eigenvalue weighted by Crippen LogP contribution is -2.29. The van der Waals surface area contributed by atoms with E-state index in [1.54, 1.807) is 0 Å². The van der Waals surface area contributed by atoms with Gasteiger partial charge in [0.2, 0.25) is 11.9 Å². The van der Waals surface area contributed by atoms with Gasteiger partial charge in [-0.25, -0.2) is 0 Å². The third-order valence-electron chi connectivity index (χ3n) is 3.93. The molecule has 0 bridgehead atoms. The van der Waals surface area contributed by atoms with Crippen molar-refractivity contribution >= 4 is 23.7 Å². The average molecular weight is 324 g/mol. The molecule has 124 valence electrons. The Bertz CT molecular complexity index is 524. The number of aromatic nitrogens is 3. The molecule has 6 heteroatoms. The molecule has 0 amide bonds. The molecule has 1 saturated carbocycles. The van der Waals surface area contributed by atoms with Crippen LogP contribution in [0.5, 0.6) is 0 Å². The molecule has 0 aliphatic heterocycles. The first-order valence-corrected chi connectivity index (χ1v) is 9.15. The van der Waals surface area contributed by atoms with Gasteiger partial charge in [-0.1, -0.05) is 32.5 Å². The molecule has 1 aromatic rings. The van der Waals surface area contributed by atoms with E-state index in [-0.39, 0.29) is 5.54 Å². The molecule has 2 N–H and O–H groups in total. The van der Waals surface area contributed by atoms with Crippen LogP contribution in [-0.4, -0.2) is 32.8 Å². The van der Waals surface area contributed by atoms with Gasteiger partial charge in [0.05, 0.1) is 0 Å². The van der Waals surface area contributed by atoms with E-state index in [0.29, 0.717) is 29.3 Å². The largest absolute Gasteiger partial charge is 0.351 e. The summed E-state index contributed by atoms with van der Waals surface area (Å²) in [6.07, 6.45) is 4.37. The average Bonchev–Trinajstić information content (AvgIpc) is 2.59. The van der Waals surface area contributed by atoms with Crippen LogP contribution in [0, 0.1) is 11.3 Å². The fourth-order valence-electron chi connectivity index (χ4n) is 3.16. The van der Waals surface area contributed by atoms with E-state index in [4.69, 9.17) is 0 Å². The van der Waals surface area contributed by atoms with Crippen molar-refractivity contribution in [2.45, 2.75) is 71.1 Å². The summed E-state index contributed by atoms with van der Waals surface area (Å²) >= 11 is 1.54. The number of hydrogen-bond donors (Lipinski definition) is 2. The van der Waals surface area contributed by atoms with E-state index in [1.165, 1.54) is 18.2 Å². The summed E-state index contributed by atoms with van der Waals surface area (Å²) in [5.74, 6) is 1.95. The van der Waals surface area contributed by atoms with Crippen LogP contribution in [-0.2, 0) is 0 Å². The molecule has 2 rings (SSSR count). The zero-order chi connectivity index (χ0) is 16.5. The van der Waals surface area contributed by atoms with E-state index in [0.717, 1.165) is 11.6 Å². The number of thioether (sulfide) groups is 1. The Hall–Kier alpha value is -1.04. The van der Waals surface area contributed by atoms with Gasteiger partial charge >= 0.3 is 0 Å². The van der Waals surface area contributed by atoms with Crippen molar-refractivity contribution in [3.63, 3.8) is 0 Å². The lowest BCUT2D eigenvalue weighted by Gasteiger charge is -2.22. The fourth-order valence-corrected chi connectivity index (χ4v) is 3.51. The number of hydrogen-bond acceptors (Lipinski definition) is 6. The van der Waals surface area contributed by atoms with Crippen molar-refractivity contribution in [3.05, 3.63) is 0 Å². The third-order valence-corrected chi connectivity index (χ3v) is 4.48. The third kappa shape index (κ3) is 4.73. The summed E-state index contributed by atoms with van der Waals surface area (Å²) in [5.41, 5.74) is 0.315. The van der Waals surface area contributed by atoms with Gasteiger partial charge in [-0.2, -0.15) is 15.0 Å².